The zero-order chi connectivity index (χ0) is 27.4. The first-order valence-electron chi connectivity index (χ1n) is 12.5. The third kappa shape index (κ3) is 5.70. The molecule has 5 rings (SSSR count). The summed E-state index contributed by atoms with van der Waals surface area (Å²) >= 11 is 0. The first kappa shape index (κ1) is 26.5. The van der Waals surface area contributed by atoms with Crippen LogP contribution in [0.5, 0.6) is 5.75 Å². The van der Waals surface area contributed by atoms with Gasteiger partial charge in [-0.25, -0.2) is 8.42 Å². The molecule has 2 N–H and O–H groups in total. The molecule has 0 aliphatic carbocycles. The number of ether oxygens (including phenoxy) is 2. The number of carbonyl (C=O) groups is 1. The molecule has 202 valence electrons. The maximum Gasteiger partial charge on any atom is 0.257 e. The number of hydrogen-bond acceptors (Lipinski definition) is 8. The van der Waals surface area contributed by atoms with Crippen molar-refractivity contribution in [3.63, 3.8) is 0 Å². The summed E-state index contributed by atoms with van der Waals surface area (Å²) in [4.78, 5) is 11.7. The molecule has 0 spiro atoms. The molecule has 0 unspecified atom stereocenters. The van der Waals surface area contributed by atoms with Crippen molar-refractivity contribution in [2.45, 2.75) is 11.8 Å². The number of hydrogen-bond donors (Lipinski definition) is 2. The van der Waals surface area contributed by atoms with Crippen LogP contribution in [-0.4, -0.2) is 68.8 Å². The third-order valence-electron chi connectivity index (χ3n) is 6.50. The van der Waals surface area contributed by atoms with Crippen LogP contribution in [0.3, 0.4) is 0 Å². The first-order chi connectivity index (χ1) is 18.9. The maximum atomic E-state index is 13.4. The number of carbonyl (C=O) groups excluding carboxylic acids is 1. The van der Waals surface area contributed by atoms with Crippen molar-refractivity contribution >= 4 is 38.2 Å². The maximum absolute atomic E-state index is 13.4. The Labute approximate surface area is 227 Å². The zero-order valence-corrected chi connectivity index (χ0v) is 22.5. The van der Waals surface area contributed by atoms with E-state index in [-0.39, 0.29) is 17.4 Å². The lowest BCUT2D eigenvalue weighted by atomic mass is 10.0. The zero-order valence-electron chi connectivity index (χ0n) is 21.7. The van der Waals surface area contributed by atoms with Gasteiger partial charge in [-0.05, 0) is 42.8 Å². The highest BCUT2D eigenvalue weighted by atomic mass is 32.2. The minimum Gasteiger partial charge on any atom is -0.484 e. The van der Waals surface area contributed by atoms with Gasteiger partial charge in [0.05, 0.1) is 18.1 Å². The van der Waals surface area contributed by atoms with Gasteiger partial charge in [-0.3, -0.25) is 4.79 Å². The number of sulfonamides is 1. The van der Waals surface area contributed by atoms with Gasteiger partial charge in [-0.2, -0.15) is 4.31 Å². The summed E-state index contributed by atoms with van der Waals surface area (Å²) in [7, 11) is -2.12. The van der Waals surface area contributed by atoms with Gasteiger partial charge >= 0.3 is 0 Å². The highest BCUT2D eigenvalue weighted by Crippen LogP contribution is 2.33. The van der Waals surface area contributed by atoms with E-state index in [2.05, 4.69) is 20.8 Å². The number of amides is 1. The second-order valence-electron chi connectivity index (χ2n) is 9.05. The monoisotopic (exact) mass is 547 g/mol. The van der Waals surface area contributed by atoms with Gasteiger partial charge in [0.2, 0.25) is 10.0 Å². The van der Waals surface area contributed by atoms with Crippen molar-refractivity contribution in [1.29, 1.82) is 0 Å². The molecule has 1 aliphatic rings. The summed E-state index contributed by atoms with van der Waals surface area (Å²) in [5.41, 5.74) is 2.69. The summed E-state index contributed by atoms with van der Waals surface area (Å²) in [6.07, 6.45) is 0. The summed E-state index contributed by atoms with van der Waals surface area (Å²) in [6.45, 7) is 3.16. The van der Waals surface area contributed by atoms with Crippen LogP contribution in [0, 0.1) is 6.92 Å². The van der Waals surface area contributed by atoms with Crippen LogP contribution in [0.1, 0.15) is 5.56 Å². The van der Waals surface area contributed by atoms with E-state index in [1.807, 2.05) is 42.5 Å². The molecule has 1 amide bonds. The molecule has 0 atom stereocenters. The molecular formula is C28H29N5O5S. The smallest absolute Gasteiger partial charge is 0.257 e. The number of benzene rings is 3. The van der Waals surface area contributed by atoms with E-state index in [1.165, 1.54) is 4.31 Å². The van der Waals surface area contributed by atoms with E-state index in [1.54, 1.807) is 38.2 Å². The summed E-state index contributed by atoms with van der Waals surface area (Å²) in [5.74, 6) is 0.915. The molecule has 4 aromatic rings. The normalized spacial score (nSPS) is 14.2. The molecule has 1 fully saturated rings. The van der Waals surface area contributed by atoms with Crippen LogP contribution in [0.15, 0.2) is 71.6 Å². The number of rotatable bonds is 8. The Morgan fingerprint density at radius 2 is 1.72 bits per heavy atom. The predicted molar refractivity (Wildman–Crippen MR) is 149 cm³/mol. The molecular weight excluding hydrogens is 518 g/mol. The van der Waals surface area contributed by atoms with Crippen LogP contribution in [0.25, 0.3) is 22.0 Å². The van der Waals surface area contributed by atoms with Crippen LogP contribution in [0.4, 0.5) is 11.5 Å². The summed E-state index contributed by atoms with van der Waals surface area (Å²) in [5, 5.41) is 16.4. The van der Waals surface area contributed by atoms with Gasteiger partial charge in [0.15, 0.2) is 12.4 Å². The van der Waals surface area contributed by atoms with E-state index in [9.17, 15) is 13.2 Å². The largest absolute Gasteiger partial charge is 0.484 e. The molecule has 39 heavy (non-hydrogen) atoms. The minimum atomic E-state index is -3.68. The molecule has 11 heteroatoms. The summed E-state index contributed by atoms with van der Waals surface area (Å²) in [6, 6.07) is 20.2. The van der Waals surface area contributed by atoms with Gasteiger partial charge in [0.25, 0.3) is 5.91 Å². The van der Waals surface area contributed by atoms with Crippen LogP contribution in [0.2, 0.25) is 0 Å². The van der Waals surface area contributed by atoms with Crippen molar-refractivity contribution in [3.8, 4) is 17.0 Å². The number of nitrogens with zero attached hydrogens (tertiary/aromatic N) is 3. The van der Waals surface area contributed by atoms with Crippen LogP contribution >= 0.6 is 0 Å². The standard InChI is InChI=1S/C28H29N5O5S/c1-19-7-8-20(17-25(19)39(35,36)33-13-15-37-16-14-33)27-23-5-3-4-6-24(23)28(32-31-27)30-21-9-11-22(12-10-21)38-18-26(34)29-2/h3-12,17H,13-16,18H2,1-2H3,(H,29,34)(H,30,32). The Hall–Kier alpha value is -4.06. The van der Waals surface area contributed by atoms with E-state index >= 15 is 0 Å². The lowest BCUT2D eigenvalue weighted by Gasteiger charge is -2.26. The Balaban J connectivity index is 1.45. The summed E-state index contributed by atoms with van der Waals surface area (Å²) < 4.78 is 39.1. The number of fused-ring (bicyclic) bond motifs is 1. The average Bonchev–Trinajstić information content (AvgIpc) is 2.97. The van der Waals surface area contributed by atoms with E-state index in [0.29, 0.717) is 54.7 Å². The minimum absolute atomic E-state index is 0.0602. The van der Waals surface area contributed by atoms with Gasteiger partial charge < -0.3 is 20.1 Å². The molecule has 3 aromatic carbocycles. The second kappa shape index (κ2) is 11.4. The van der Waals surface area contributed by atoms with Crippen molar-refractivity contribution in [2.75, 3.05) is 45.3 Å². The highest BCUT2D eigenvalue weighted by molar-refractivity contribution is 7.89. The molecule has 2 heterocycles. The fraction of sp³-hybridized carbons (Fsp3) is 0.250. The molecule has 1 saturated heterocycles. The Morgan fingerprint density at radius 3 is 2.44 bits per heavy atom. The third-order valence-corrected chi connectivity index (χ3v) is 8.54. The number of anilines is 2. The molecule has 10 nitrogen and oxygen atoms in total. The Bertz CT molecular complexity index is 1600. The second-order valence-corrected chi connectivity index (χ2v) is 11.0. The van der Waals surface area contributed by atoms with Gasteiger partial charge in [0, 0.05) is 42.2 Å². The van der Waals surface area contributed by atoms with E-state index in [4.69, 9.17) is 9.47 Å². The molecule has 1 aromatic heterocycles. The molecule has 0 saturated carbocycles. The van der Waals surface area contributed by atoms with E-state index in [0.717, 1.165) is 16.5 Å². The van der Waals surface area contributed by atoms with Crippen molar-refractivity contribution < 1.29 is 22.7 Å². The molecule has 0 radical (unpaired) electrons. The van der Waals surface area contributed by atoms with Gasteiger partial charge in [-0.15, -0.1) is 10.2 Å². The fourth-order valence-electron chi connectivity index (χ4n) is 4.35. The number of likely N-dealkylation sites (N-methyl/N-ethyl adjacent to an activating group) is 1. The molecule has 1 aliphatic heterocycles. The number of aromatic nitrogens is 2. The van der Waals surface area contributed by atoms with Gasteiger partial charge in [-0.1, -0.05) is 36.4 Å². The SMILES string of the molecule is CNC(=O)COc1ccc(Nc2nnc(-c3ccc(C)c(S(=O)(=O)N4CCOCC4)c3)c3ccccc23)cc1. The predicted octanol–water partition coefficient (Wildman–Crippen LogP) is 3.49. The topological polar surface area (TPSA) is 123 Å². The van der Waals surface area contributed by atoms with E-state index < -0.39 is 10.0 Å². The number of aryl methyl sites for hydroxylation is 1. The number of nitrogens with one attached hydrogen (secondary N) is 2. The van der Waals surface area contributed by atoms with Crippen molar-refractivity contribution in [3.05, 3.63) is 72.3 Å². The quantitative estimate of drug-likeness (QED) is 0.344. The Morgan fingerprint density at radius 1 is 1.00 bits per heavy atom. The average molecular weight is 548 g/mol. The van der Waals surface area contributed by atoms with Gasteiger partial charge in [0.1, 0.15) is 11.4 Å². The number of morpholine rings is 1. The molecule has 0 bridgehead atoms. The van der Waals surface area contributed by atoms with Crippen LogP contribution in [-0.2, 0) is 19.6 Å². The van der Waals surface area contributed by atoms with Crippen molar-refractivity contribution in [1.82, 2.24) is 19.8 Å². The lowest BCUT2D eigenvalue weighted by Crippen LogP contribution is -2.40. The lowest BCUT2D eigenvalue weighted by molar-refractivity contribution is -0.122. The fourth-order valence-corrected chi connectivity index (χ4v) is 6.01. The first-order valence-corrected chi connectivity index (χ1v) is 14.0. The highest BCUT2D eigenvalue weighted by Gasteiger charge is 2.28. The van der Waals surface area contributed by atoms with Crippen LogP contribution < -0.4 is 15.4 Å². The van der Waals surface area contributed by atoms with Crippen molar-refractivity contribution in [2.24, 2.45) is 0 Å². The Kier molecular flexibility index (Phi) is 7.73.